The Balaban J connectivity index is 2.73. The molecule has 0 bridgehead atoms. The van der Waals surface area contributed by atoms with Gasteiger partial charge in [-0.15, -0.1) is 0 Å². The molecule has 1 aromatic rings. The summed E-state index contributed by atoms with van der Waals surface area (Å²) in [7, 11) is 1.62. The van der Waals surface area contributed by atoms with Crippen molar-refractivity contribution in [2.45, 2.75) is 13.5 Å². The van der Waals surface area contributed by atoms with Crippen LogP contribution in [0.15, 0.2) is 18.2 Å². The maximum absolute atomic E-state index is 5.98. The van der Waals surface area contributed by atoms with Crippen LogP contribution in [0, 0.1) is 0 Å². The number of halogens is 1. The summed E-state index contributed by atoms with van der Waals surface area (Å²) in [6.07, 6.45) is 0. The van der Waals surface area contributed by atoms with Crippen molar-refractivity contribution in [2.24, 2.45) is 0 Å². The molecule has 3 heteroatoms. The summed E-state index contributed by atoms with van der Waals surface area (Å²) in [6, 6.07) is 5.58. The molecular formula is C10H13ClO2. The highest BCUT2D eigenvalue weighted by atomic mass is 35.5. The quantitative estimate of drug-likeness (QED) is 0.744. The molecule has 1 aromatic carbocycles. The van der Waals surface area contributed by atoms with E-state index in [9.17, 15) is 0 Å². The lowest BCUT2D eigenvalue weighted by molar-refractivity contribution is 0.134. The van der Waals surface area contributed by atoms with E-state index >= 15 is 0 Å². The summed E-state index contributed by atoms with van der Waals surface area (Å²) in [5.74, 6) is 0.769. The number of rotatable bonds is 4. The van der Waals surface area contributed by atoms with Gasteiger partial charge in [0, 0.05) is 11.6 Å². The largest absolute Gasteiger partial charge is 0.497 e. The van der Waals surface area contributed by atoms with E-state index in [1.807, 2.05) is 19.1 Å². The van der Waals surface area contributed by atoms with Gasteiger partial charge in [0.1, 0.15) is 5.75 Å². The molecule has 0 saturated heterocycles. The predicted molar refractivity (Wildman–Crippen MR) is 53.3 cm³/mol. The summed E-state index contributed by atoms with van der Waals surface area (Å²) in [4.78, 5) is 0. The van der Waals surface area contributed by atoms with E-state index in [1.54, 1.807) is 13.2 Å². The molecule has 0 heterocycles. The molecule has 1 rings (SSSR count). The SMILES string of the molecule is CCOCc1ccc(OC)cc1Cl. The second-order valence-corrected chi connectivity index (χ2v) is 3.00. The van der Waals surface area contributed by atoms with Crippen LogP contribution in [0.25, 0.3) is 0 Å². The van der Waals surface area contributed by atoms with Crippen LogP contribution < -0.4 is 4.74 Å². The van der Waals surface area contributed by atoms with Crippen molar-refractivity contribution in [3.63, 3.8) is 0 Å². The summed E-state index contributed by atoms with van der Waals surface area (Å²) < 4.78 is 10.3. The minimum Gasteiger partial charge on any atom is -0.497 e. The summed E-state index contributed by atoms with van der Waals surface area (Å²) in [5.41, 5.74) is 0.990. The van der Waals surface area contributed by atoms with Crippen molar-refractivity contribution in [3.05, 3.63) is 28.8 Å². The summed E-state index contributed by atoms with van der Waals surface area (Å²) in [5, 5.41) is 0.688. The molecule has 0 aliphatic carbocycles. The predicted octanol–water partition coefficient (Wildman–Crippen LogP) is 2.89. The van der Waals surface area contributed by atoms with Crippen LogP contribution >= 0.6 is 11.6 Å². The van der Waals surface area contributed by atoms with Crippen molar-refractivity contribution in [2.75, 3.05) is 13.7 Å². The van der Waals surface area contributed by atoms with Gasteiger partial charge < -0.3 is 9.47 Å². The van der Waals surface area contributed by atoms with Crippen LogP contribution in [0.5, 0.6) is 5.75 Å². The van der Waals surface area contributed by atoms with Gasteiger partial charge in [-0.05, 0) is 24.6 Å². The smallest absolute Gasteiger partial charge is 0.120 e. The van der Waals surface area contributed by atoms with Crippen LogP contribution in [0.3, 0.4) is 0 Å². The number of hydrogen-bond acceptors (Lipinski definition) is 2. The fraction of sp³-hybridized carbons (Fsp3) is 0.400. The van der Waals surface area contributed by atoms with Crippen molar-refractivity contribution in [1.82, 2.24) is 0 Å². The molecule has 0 atom stereocenters. The van der Waals surface area contributed by atoms with E-state index in [2.05, 4.69) is 0 Å². The maximum atomic E-state index is 5.98. The highest BCUT2D eigenvalue weighted by molar-refractivity contribution is 6.31. The van der Waals surface area contributed by atoms with Gasteiger partial charge in [0.15, 0.2) is 0 Å². The fourth-order valence-corrected chi connectivity index (χ4v) is 1.21. The standard InChI is InChI=1S/C10H13ClO2/c1-3-13-7-8-4-5-9(12-2)6-10(8)11/h4-6H,3,7H2,1-2H3. The van der Waals surface area contributed by atoms with Gasteiger partial charge >= 0.3 is 0 Å². The molecule has 13 heavy (non-hydrogen) atoms. The van der Waals surface area contributed by atoms with Crippen molar-refractivity contribution in [1.29, 1.82) is 0 Å². The van der Waals surface area contributed by atoms with Crippen LogP contribution in [0.2, 0.25) is 5.02 Å². The average Bonchev–Trinajstić information content (AvgIpc) is 2.16. The van der Waals surface area contributed by atoms with Gasteiger partial charge in [0.2, 0.25) is 0 Å². The van der Waals surface area contributed by atoms with E-state index in [0.29, 0.717) is 18.2 Å². The molecule has 0 aromatic heterocycles. The summed E-state index contributed by atoms with van der Waals surface area (Å²) in [6.45, 7) is 3.21. The Kier molecular flexibility index (Phi) is 4.06. The van der Waals surface area contributed by atoms with Crippen LogP contribution in [0.1, 0.15) is 12.5 Å². The zero-order valence-corrected chi connectivity index (χ0v) is 8.60. The number of methoxy groups -OCH3 is 1. The van der Waals surface area contributed by atoms with Crippen LogP contribution in [-0.4, -0.2) is 13.7 Å². The maximum Gasteiger partial charge on any atom is 0.120 e. The normalized spacial score (nSPS) is 10.1. The number of benzene rings is 1. The molecule has 0 amide bonds. The fourth-order valence-electron chi connectivity index (χ4n) is 0.984. The molecule has 0 spiro atoms. The Hall–Kier alpha value is -0.730. The Morgan fingerprint density at radius 2 is 2.15 bits per heavy atom. The first kappa shape index (κ1) is 10.4. The van der Waals surface area contributed by atoms with Crippen LogP contribution in [-0.2, 0) is 11.3 Å². The third kappa shape index (κ3) is 2.90. The first-order valence-electron chi connectivity index (χ1n) is 4.18. The molecule has 0 N–H and O–H groups in total. The van der Waals surface area contributed by atoms with Crippen LogP contribution in [0.4, 0.5) is 0 Å². The van der Waals surface area contributed by atoms with Crippen molar-refractivity contribution >= 4 is 11.6 Å². The molecular weight excluding hydrogens is 188 g/mol. The molecule has 72 valence electrons. The zero-order valence-electron chi connectivity index (χ0n) is 7.84. The highest BCUT2D eigenvalue weighted by Gasteiger charge is 2.01. The van der Waals surface area contributed by atoms with Gasteiger partial charge in [-0.2, -0.15) is 0 Å². The Morgan fingerprint density at radius 3 is 2.69 bits per heavy atom. The average molecular weight is 201 g/mol. The molecule has 0 saturated carbocycles. The summed E-state index contributed by atoms with van der Waals surface area (Å²) >= 11 is 5.98. The van der Waals surface area contributed by atoms with E-state index in [1.165, 1.54) is 0 Å². The highest BCUT2D eigenvalue weighted by Crippen LogP contribution is 2.22. The number of hydrogen-bond donors (Lipinski definition) is 0. The second-order valence-electron chi connectivity index (χ2n) is 2.59. The minimum absolute atomic E-state index is 0.555. The second kappa shape index (κ2) is 5.10. The third-order valence-electron chi connectivity index (χ3n) is 1.72. The lowest BCUT2D eigenvalue weighted by Gasteiger charge is -2.06. The Labute approximate surface area is 83.4 Å². The lowest BCUT2D eigenvalue weighted by Crippen LogP contribution is -1.93. The monoisotopic (exact) mass is 200 g/mol. The van der Waals surface area contributed by atoms with Crippen molar-refractivity contribution in [3.8, 4) is 5.75 Å². The third-order valence-corrected chi connectivity index (χ3v) is 2.07. The van der Waals surface area contributed by atoms with Gasteiger partial charge in [-0.3, -0.25) is 0 Å². The van der Waals surface area contributed by atoms with E-state index in [4.69, 9.17) is 21.1 Å². The van der Waals surface area contributed by atoms with E-state index in [-0.39, 0.29) is 0 Å². The van der Waals surface area contributed by atoms with Crippen molar-refractivity contribution < 1.29 is 9.47 Å². The first-order valence-corrected chi connectivity index (χ1v) is 4.56. The molecule has 0 aliphatic rings. The van der Waals surface area contributed by atoms with Gasteiger partial charge in [-0.1, -0.05) is 17.7 Å². The Bertz CT molecular complexity index is 274. The molecule has 0 fully saturated rings. The van der Waals surface area contributed by atoms with Gasteiger partial charge in [0.05, 0.1) is 13.7 Å². The van der Waals surface area contributed by atoms with E-state index in [0.717, 1.165) is 11.3 Å². The topological polar surface area (TPSA) is 18.5 Å². The minimum atomic E-state index is 0.555. The Morgan fingerprint density at radius 1 is 1.38 bits per heavy atom. The molecule has 0 unspecified atom stereocenters. The lowest BCUT2D eigenvalue weighted by atomic mass is 10.2. The number of ether oxygens (including phenoxy) is 2. The van der Waals surface area contributed by atoms with Gasteiger partial charge in [-0.25, -0.2) is 0 Å². The van der Waals surface area contributed by atoms with Gasteiger partial charge in [0.25, 0.3) is 0 Å². The van der Waals surface area contributed by atoms with E-state index < -0.39 is 0 Å². The molecule has 0 aliphatic heterocycles. The zero-order chi connectivity index (χ0) is 9.68. The first-order chi connectivity index (χ1) is 6.27. The molecule has 2 nitrogen and oxygen atoms in total. The molecule has 0 radical (unpaired) electrons.